The van der Waals surface area contributed by atoms with Crippen molar-refractivity contribution in [1.82, 2.24) is 9.62 Å². The molecule has 0 unspecified atom stereocenters. The van der Waals surface area contributed by atoms with E-state index in [0.717, 1.165) is 43.0 Å². The van der Waals surface area contributed by atoms with Crippen molar-refractivity contribution in [2.75, 3.05) is 56.6 Å². The topological polar surface area (TPSA) is 55.9 Å². The molecule has 1 aliphatic heterocycles. The van der Waals surface area contributed by atoms with Crippen LogP contribution in [0.15, 0.2) is 83.8 Å². The second-order valence-electron chi connectivity index (χ2n) is 9.03. The number of para-hydroxylation sites is 1. The minimum absolute atomic E-state index is 0.0475. The predicted octanol–water partition coefficient (Wildman–Crippen LogP) is 3.90. The van der Waals surface area contributed by atoms with Gasteiger partial charge in [-0.25, -0.2) is 13.1 Å². The van der Waals surface area contributed by atoms with Crippen molar-refractivity contribution in [1.29, 1.82) is 0 Å². The van der Waals surface area contributed by atoms with Gasteiger partial charge >= 0.3 is 0 Å². The molecule has 1 fully saturated rings. The quantitative estimate of drug-likeness (QED) is 0.532. The zero-order chi connectivity index (χ0) is 24.1. The monoisotopic (exact) mass is 478 g/mol. The number of hydrogen-bond acceptors (Lipinski definition) is 5. The van der Waals surface area contributed by atoms with Crippen molar-refractivity contribution in [2.24, 2.45) is 0 Å². The van der Waals surface area contributed by atoms with Gasteiger partial charge in [0.05, 0.1) is 4.90 Å². The van der Waals surface area contributed by atoms with Crippen LogP contribution in [0, 0.1) is 6.92 Å². The van der Waals surface area contributed by atoms with Gasteiger partial charge in [-0.05, 0) is 54.4 Å². The molecule has 180 valence electrons. The third-order valence-corrected chi connectivity index (χ3v) is 7.86. The molecule has 0 saturated carbocycles. The number of benzene rings is 3. The van der Waals surface area contributed by atoms with E-state index in [-0.39, 0.29) is 6.04 Å². The fourth-order valence-electron chi connectivity index (χ4n) is 4.44. The highest BCUT2D eigenvalue weighted by Crippen LogP contribution is 2.26. The summed E-state index contributed by atoms with van der Waals surface area (Å²) in [5, 5.41) is 0. The number of piperazine rings is 1. The summed E-state index contributed by atoms with van der Waals surface area (Å²) < 4.78 is 29.0. The maximum Gasteiger partial charge on any atom is 0.240 e. The fourth-order valence-corrected chi connectivity index (χ4v) is 5.58. The number of rotatable bonds is 8. The Morgan fingerprint density at radius 3 is 2.18 bits per heavy atom. The lowest BCUT2D eigenvalue weighted by Gasteiger charge is -2.40. The highest BCUT2D eigenvalue weighted by Gasteiger charge is 2.27. The lowest BCUT2D eigenvalue weighted by molar-refractivity contribution is 0.187. The smallest absolute Gasteiger partial charge is 0.240 e. The summed E-state index contributed by atoms with van der Waals surface area (Å²) >= 11 is 0. The summed E-state index contributed by atoms with van der Waals surface area (Å²) in [6.45, 7) is 5.76. The molecule has 7 heteroatoms. The summed E-state index contributed by atoms with van der Waals surface area (Å²) in [6.07, 6.45) is 0. The predicted molar refractivity (Wildman–Crippen MR) is 140 cm³/mol. The molecule has 1 heterocycles. The molecule has 34 heavy (non-hydrogen) atoms. The van der Waals surface area contributed by atoms with Crippen molar-refractivity contribution in [3.63, 3.8) is 0 Å². The number of hydrogen-bond donors (Lipinski definition) is 1. The first-order chi connectivity index (χ1) is 16.3. The molecule has 3 aromatic rings. The molecule has 0 amide bonds. The Labute approximate surface area is 203 Å². The Hall–Kier alpha value is -2.87. The van der Waals surface area contributed by atoms with Gasteiger partial charge < -0.3 is 9.80 Å². The van der Waals surface area contributed by atoms with Crippen LogP contribution in [0.3, 0.4) is 0 Å². The standard InChI is InChI=1S/C27H34N4O2S/c1-22-8-7-11-26(20-22)34(32,33)28-21-27(23-12-14-24(15-13-23)29(2)3)31-18-16-30(17-19-31)25-9-5-4-6-10-25/h4-15,20,27-28H,16-19,21H2,1-3H3/t27-/m0/s1. The molecule has 0 radical (unpaired) electrons. The van der Waals surface area contributed by atoms with Crippen molar-refractivity contribution >= 4 is 21.4 Å². The number of nitrogens with one attached hydrogen (secondary N) is 1. The largest absolute Gasteiger partial charge is 0.378 e. The van der Waals surface area contributed by atoms with Gasteiger partial charge in [-0.1, -0.05) is 42.5 Å². The van der Waals surface area contributed by atoms with Crippen LogP contribution in [-0.4, -0.2) is 60.1 Å². The average molecular weight is 479 g/mol. The molecule has 1 atom stereocenters. The number of aryl methyl sites for hydroxylation is 1. The van der Waals surface area contributed by atoms with Crippen molar-refractivity contribution in [3.05, 3.63) is 90.0 Å². The van der Waals surface area contributed by atoms with Gasteiger partial charge in [-0.15, -0.1) is 0 Å². The Kier molecular flexibility index (Phi) is 7.56. The summed E-state index contributed by atoms with van der Waals surface area (Å²) in [4.78, 5) is 7.16. The normalized spacial score (nSPS) is 15.8. The maximum absolute atomic E-state index is 13.0. The number of sulfonamides is 1. The third-order valence-electron chi connectivity index (χ3n) is 6.44. The molecule has 4 rings (SSSR count). The Balaban J connectivity index is 1.52. The molecule has 1 N–H and O–H groups in total. The number of nitrogens with zero attached hydrogens (tertiary/aromatic N) is 3. The lowest BCUT2D eigenvalue weighted by atomic mass is 10.0. The third kappa shape index (κ3) is 5.78. The van der Waals surface area contributed by atoms with E-state index in [1.54, 1.807) is 18.2 Å². The first kappa shape index (κ1) is 24.3. The zero-order valence-corrected chi connectivity index (χ0v) is 21.0. The van der Waals surface area contributed by atoms with Crippen LogP contribution < -0.4 is 14.5 Å². The van der Waals surface area contributed by atoms with E-state index in [1.807, 2.05) is 33.2 Å². The SMILES string of the molecule is Cc1cccc(S(=O)(=O)NC[C@@H](c2ccc(N(C)C)cc2)N2CCN(c3ccccc3)CC2)c1. The summed E-state index contributed by atoms with van der Waals surface area (Å²) in [6, 6.07) is 25.9. The minimum atomic E-state index is -3.60. The van der Waals surface area contributed by atoms with Crippen molar-refractivity contribution < 1.29 is 8.42 Å². The minimum Gasteiger partial charge on any atom is -0.378 e. The Morgan fingerprint density at radius 1 is 0.882 bits per heavy atom. The summed E-state index contributed by atoms with van der Waals surface area (Å²) in [5.41, 5.74) is 4.40. The van der Waals surface area contributed by atoms with E-state index in [0.29, 0.717) is 11.4 Å². The molecule has 0 bridgehead atoms. The van der Waals surface area contributed by atoms with Crippen LogP contribution >= 0.6 is 0 Å². The molecule has 1 aliphatic rings. The van der Waals surface area contributed by atoms with E-state index in [2.05, 4.69) is 68.0 Å². The Morgan fingerprint density at radius 2 is 1.56 bits per heavy atom. The van der Waals surface area contributed by atoms with Gasteiger partial charge in [-0.3, -0.25) is 4.90 Å². The van der Waals surface area contributed by atoms with E-state index >= 15 is 0 Å². The second-order valence-corrected chi connectivity index (χ2v) is 10.8. The van der Waals surface area contributed by atoms with Crippen molar-refractivity contribution in [3.8, 4) is 0 Å². The van der Waals surface area contributed by atoms with Gasteiger partial charge in [0.25, 0.3) is 0 Å². The van der Waals surface area contributed by atoms with Crippen LogP contribution in [0.1, 0.15) is 17.2 Å². The molecule has 6 nitrogen and oxygen atoms in total. The van der Waals surface area contributed by atoms with Crippen LogP contribution in [0.25, 0.3) is 0 Å². The van der Waals surface area contributed by atoms with E-state index in [1.165, 1.54) is 5.69 Å². The molecular formula is C27H34N4O2S. The summed E-state index contributed by atoms with van der Waals surface area (Å²) in [7, 11) is 0.443. The maximum atomic E-state index is 13.0. The van der Waals surface area contributed by atoms with E-state index < -0.39 is 10.0 Å². The molecular weight excluding hydrogens is 444 g/mol. The second kappa shape index (κ2) is 10.6. The van der Waals surface area contributed by atoms with Gasteiger partial charge in [0.15, 0.2) is 0 Å². The number of anilines is 2. The zero-order valence-electron chi connectivity index (χ0n) is 20.2. The highest BCUT2D eigenvalue weighted by atomic mass is 32.2. The highest BCUT2D eigenvalue weighted by molar-refractivity contribution is 7.89. The van der Waals surface area contributed by atoms with Crippen LogP contribution in [0.5, 0.6) is 0 Å². The van der Waals surface area contributed by atoms with Gasteiger partial charge in [-0.2, -0.15) is 0 Å². The fraction of sp³-hybridized carbons (Fsp3) is 0.333. The molecule has 0 aromatic heterocycles. The lowest BCUT2D eigenvalue weighted by Crippen LogP contribution is -2.49. The van der Waals surface area contributed by atoms with E-state index in [4.69, 9.17) is 0 Å². The molecule has 1 saturated heterocycles. The molecule has 3 aromatic carbocycles. The Bertz CT molecular complexity index is 1170. The molecule has 0 spiro atoms. The first-order valence-electron chi connectivity index (χ1n) is 11.7. The van der Waals surface area contributed by atoms with Crippen LogP contribution in [-0.2, 0) is 10.0 Å². The van der Waals surface area contributed by atoms with Crippen LogP contribution in [0.4, 0.5) is 11.4 Å². The van der Waals surface area contributed by atoms with Gasteiger partial charge in [0.2, 0.25) is 10.0 Å². The van der Waals surface area contributed by atoms with Gasteiger partial charge in [0.1, 0.15) is 0 Å². The van der Waals surface area contributed by atoms with Gasteiger partial charge in [0, 0.05) is 64.2 Å². The van der Waals surface area contributed by atoms with Crippen molar-refractivity contribution in [2.45, 2.75) is 17.9 Å². The first-order valence-corrected chi connectivity index (χ1v) is 13.2. The average Bonchev–Trinajstić information content (AvgIpc) is 2.85. The van der Waals surface area contributed by atoms with Crippen LogP contribution in [0.2, 0.25) is 0 Å². The summed E-state index contributed by atoms with van der Waals surface area (Å²) in [5.74, 6) is 0. The molecule has 0 aliphatic carbocycles. The van der Waals surface area contributed by atoms with E-state index in [9.17, 15) is 8.42 Å².